The Hall–Kier alpha value is -5.16. The number of carbonyl (C=O) groups is 4. The highest BCUT2D eigenvalue weighted by Gasteiger charge is 2.39. The molecular weight excluding hydrogens is 810 g/mol. The van der Waals surface area contributed by atoms with Gasteiger partial charge in [0.25, 0.3) is 5.91 Å². The number of amides is 4. The van der Waals surface area contributed by atoms with Crippen LogP contribution in [0.5, 0.6) is 6.01 Å². The Bertz CT molecular complexity index is 2290. The van der Waals surface area contributed by atoms with Crippen LogP contribution in [0.15, 0.2) is 42.6 Å². The zero-order chi connectivity index (χ0) is 43.3. The highest BCUT2D eigenvalue weighted by Crippen LogP contribution is 2.31. The maximum absolute atomic E-state index is 13.2. The second-order valence-corrected chi connectivity index (χ2v) is 17.8. The fourth-order valence-electron chi connectivity index (χ4n) is 8.93. The Morgan fingerprint density at radius 2 is 1.74 bits per heavy atom. The molecule has 4 aliphatic rings. The summed E-state index contributed by atoms with van der Waals surface area (Å²) in [7, 11) is 2.12. The van der Waals surface area contributed by atoms with Gasteiger partial charge in [0.1, 0.15) is 12.1 Å². The lowest BCUT2D eigenvalue weighted by Crippen LogP contribution is -2.52. The summed E-state index contributed by atoms with van der Waals surface area (Å²) in [5.41, 5.74) is 6.06. The van der Waals surface area contributed by atoms with Crippen LogP contribution >= 0.6 is 11.6 Å². The summed E-state index contributed by atoms with van der Waals surface area (Å²) in [6, 6.07) is 11.2. The SMILES string of the molecule is CC(C)c1cnn2c(NCc3ccc(NC(=O)CN4CCN(CCCCCc5cccc6c5CN(C5CCC(=O)NC5=O)C6=O)CC4)cc3Cl)nc(OC3CCN(C)CC3)nc12. The number of aryl methyl sites for hydroxylation is 1. The number of hydrogen-bond donors (Lipinski definition) is 3. The summed E-state index contributed by atoms with van der Waals surface area (Å²) in [6.45, 7) is 11.8. The molecule has 3 saturated heterocycles. The van der Waals surface area contributed by atoms with Gasteiger partial charge < -0.3 is 30.1 Å². The van der Waals surface area contributed by atoms with Crippen molar-refractivity contribution in [3.05, 3.63) is 75.4 Å². The van der Waals surface area contributed by atoms with E-state index in [0.29, 0.717) is 59.9 Å². The fourth-order valence-corrected chi connectivity index (χ4v) is 9.18. The van der Waals surface area contributed by atoms with Crippen LogP contribution in [-0.4, -0.2) is 134 Å². The van der Waals surface area contributed by atoms with E-state index in [1.807, 2.05) is 30.5 Å². The molecule has 4 aliphatic heterocycles. The number of piperidine rings is 2. The van der Waals surface area contributed by atoms with Crippen molar-refractivity contribution in [3.8, 4) is 6.01 Å². The molecule has 3 N–H and O–H groups in total. The minimum absolute atomic E-state index is 0.0606. The number of unbranched alkanes of at least 4 members (excludes halogenated alkanes) is 2. The van der Waals surface area contributed by atoms with E-state index in [4.69, 9.17) is 26.3 Å². The third-order valence-electron chi connectivity index (χ3n) is 12.6. The Kier molecular flexibility index (Phi) is 13.7. The molecule has 16 nitrogen and oxygen atoms in total. The zero-order valence-corrected chi connectivity index (χ0v) is 36.8. The molecule has 6 heterocycles. The number of aromatic nitrogens is 4. The van der Waals surface area contributed by atoms with Crippen molar-refractivity contribution in [2.24, 2.45) is 0 Å². The second kappa shape index (κ2) is 19.5. The maximum Gasteiger partial charge on any atom is 0.322 e. The number of anilines is 2. The van der Waals surface area contributed by atoms with Gasteiger partial charge in [-0.1, -0.05) is 50.1 Å². The summed E-state index contributed by atoms with van der Waals surface area (Å²) in [6.07, 6.45) is 8.37. The summed E-state index contributed by atoms with van der Waals surface area (Å²) in [5, 5.41) is 13.9. The summed E-state index contributed by atoms with van der Waals surface area (Å²) in [5.74, 6) is -0.120. The van der Waals surface area contributed by atoms with E-state index in [1.54, 1.807) is 15.5 Å². The normalized spacial score (nSPS) is 19.3. The van der Waals surface area contributed by atoms with Gasteiger partial charge in [-0.3, -0.25) is 29.4 Å². The van der Waals surface area contributed by atoms with Gasteiger partial charge in [0.15, 0.2) is 5.65 Å². The first-order valence-corrected chi connectivity index (χ1v) is 22.5. The van der Waals surface area contributed by atoms with Crippen molar-refractivity contribution >= 4 is 52.5 Å². The lowest BCUT2D eigenvalue weighted by Gasteiger charge is -2.34. The van der Waals surface area contributed by atoms with E-state index in [2.05, 4.69) is 62.7 Å². The van der Waals surface area contributed by atoms with Crippen LogP contribution in [0.25, 0.3) is 5.65 Å². The van der Waals surface area contributed by atoms with Crippen molar-refractivity contribution in [1.82, 2.24) is 44.5 Å². The Morgan fingerprint density at radius 3 is 2.50 bits per heavy atom. The van der Waals surface area contributed by atoms with E-state index in [1.165, 1.54) is 0 Å². The number of hydrogen-bond acceptors (Lipinski definition) is 12. The zero-order valence-electron chi connectivity index (χ0n) is 36.0. The number of imide groups is 1. The van der Waals surface area contributed by atoms with Gasteiger partial charge in [-0.25, -0.2) is 0 Å². The van der Waals surface area contributed by atoms with Crippen LogP contribution < -0.4 is 20.7 Å². The fraction of sp³-hybridized carbons (Fsp3) is 0.533. The molecule has 2 aromatic carbocycles. The number of likely N-dealkylation sites (tertiary alicyclic amines) is 1. The monoisotopic (exact) mass is 867 g/mol. The lowest BCUT2D eigenvalue weighted by atomic mass is 9.98. The number of rotatable bonds is 16. The molecule has 4 amide bonds. The van der Waals surface area contributed by atoms with Crippen LogP contribution in [-0.2, 0) is 33.9 Å². The number of piperazine rings is 1. The van der Waals surface area contributed by atoms with Gasteiger partial charge in [0.2, 0.25) is 23.7 Å². The molecule has 4 aromatic rings. The first kappa shape index (κ1) is 43.5. The van der Waals surface area contributed by atoms with Crippen molar-refractivity contribution in [3.63, 3.8) is 0 Å². The molecule has 0 bridgehead atoms. The number of halogens is 1. The highest BCUT2D eigenvalue weighted by atomic mass is 35.5. The largest absolute Gasteiger partial charge is 0.460 e. The number of carbonyl (C=O) groups excluding carboxylic acids is 4. The van der Waals surface area contributed by atoms with Crippen LogP contribution in [0.3, 0.4) is 0 Å². The Balaban J connectivity index is 0.755. The molecule has 0 aliphatic carbocycles. The predicted molar refractivity (Wildman–Crippen MR) is 236 cm³/mol. The molecule has 0 radical (unpaired) electrons. The number of nitrogens with zero attached hydrogens (tertiary/aromatic N) is 8. The molecule has 3 fully saturated rings. The number of ether oxygens (including phenoxy) is 1. The van der Waals surface area contributed by atoms with Crippen molar-refractivity contribution in [2.45, 2.75) is 96.4 Å². The van der Waals surface area contributed by atoms with Crippen molar-refractivity contribution < 1.29 is 23.9 Å². The standard InChI is InChI=1S/C45H58ClN11O5/c1-29(2)35-26-48-57-41(35)51-45(62-33-15-18-53(3)19-16-33)52-44(57)47-25-31-11-12-32(24-37(31)46)49-40(59)28-55-22-20-54(21-23-55)17-6-4-5-8-30-9-7-10-34-36(30)27-56(43(34)61)38-13-14-39(58)50-42(38)60/h7,9-12,24,26,29,33,38H,4-6,8,13-23,25,27-28H2,1-3H3,(H,49,59)(H,47,51,52)(H,50,58,60). The quantitative estimate of drug-likeness (QED) is 0.105. The van der Waals surface area contributed by atoms with Gasteiger partial charge in [-0.05, 0) is 92.9 Å². The van der Waals surface area contributed by atoms with Gasteiger partial charge in [-0.15, -0.1) is 0 Å². The molecule has 2 aromatic heterocycles. The molecule has 0 spiro atoms. The van der Waals surface area contributed by atoms with E-state index < -0.39 is 6.04 Å². The Labute approximate surface area is 367 Å². The average molecular weight is 868 g/mol. The summed E-state index contributed by atoms with van der Waals surface area (Å²) in [4.78, 5) is 68.4. The maximum atomic E-state index is 13.2. The topological polar surface area (TPSA) is 170 Å². The second-order valence-electron chi connectivity index (χ2n) is 17.4. The summed E-state index contributed by atoms with van der Waals surface area (Å²) < 4.78 is 8.00. The minimum Gasteiger partial charge on any atom is -0.460 e. The lowest BCUT2D eigenvalue weighted by molar-refractivity contribution is -0.137. The van der Waals surface area contributed by atoms with E-state index in [-0.39, 0.29) is 42.1 Å². The molecule has 62 heavy (non-hydrogen) atoms. The molecule has 1 atom stereocenters. The molecule has 17 heteroatoms. The van der Waals surface area contributed by atoms with Crippen LogP contribution in [0.1, 0.15) is 97.3 Å². The van der Waals surface area contributed by atoms with Crippen LogP contribution in [0.2, 0.25) is 5.02 Å². The molecule has 0 saturated carbocycles. The minimum atomic E-state index is -0.600. The van der Waals surface area contributed by atoms with Crippen molar-refractivity contribution in [1.29, 1.82) is 0 Å². The van der Waals surface area contributed by atoms with Crippen LogP contribution in [0.4, 0.5) is 11.6 Å². The molecule has 330 valence electrons. The third kappa shape index (κ3) is 10.2. The smallest absolute Gasteiger partial charge is 0.322 e. The first-order chi connectivity index (χ1) is 30.0. The third-order valence-corrected chi connectivity index (χ3v) is 13.0. The average Bonchev–Trinajstić information content (AvgIpc) is 3.83. The molecule has 8 rings (SSSR count). The number of fused-ring (bicyclic) bond motifs is 2. The van der Waals surface area contributed by atoms with E-state index >= 15 is 0 Å². The predicted octanol–water partition coefficient (Wildman–Crippen LogP) is 4.72. The van der Waals surface area contributed by atoms with E-state index in [9.17, 15) is 19.2 Å². The van der Waals surface area contributed by atoms with Gasteiger partial charge in [0.05, 0.1) is 12.7 Å². The highest BCUT2D eigenvalue weighted by molar-refractivity contribution is 6.31. The van der Waals surface area contributed by atoms with Crippen molar-refractivity contribution in [2.75, 3.05) is 70.0 Å². The van der Waals surface area contributed by atoms with Crippen LogP contribution in [0, 0.1) is 0 Å². The molecule has 1 unspecified atom stereocenters. The van der Waals surface area contributed by atoms with Gasteiger partial charge in [0, 0.05) is 80.6 Å². The molecular formula is C45H58ClN11O5. The van der Waals surface area contributed by atoms with E-state index in [0.717, 1.165) is 107 Å². The summed E-state index contributed by atoms with van der Waals surface area (Å²) >= 11 is 6.76. The number of benzene rings is 2. The number of nitrogens with one attached hydrogen (secondary N) is 3. The first-order valence-electron chi connectivity index (χ1n) is 22.1. The van der Waals surface area contributed by atoms with Gasteiger partial charge >= 0.3 is 6.01 Å². The van der Waals surface area contributed by atoms with Gasteiger partial charge in [-0.2, -0.15) is 19.6 Å². The Morgan fingerprint density at radius 1 is 0.952 bits per heavy atom.